The van der Waals surface area contributed by atoms with Crippen molar-refractivity contribution < 1.29 is 0 Å². The van der Waals surface area contributed by atoms with Gasteiger partial charge in [0, 0.05) is 24.2 Å². The maximum absolute atomic E-state index is 11.7. The number of nitrogens with one attached hydrogen (secondary N) is 1. The van der Waals surface area contributed by atoms with Crippen molar-refractivity contribution in [2.75, 3.05) is 0 Å². The van der Waals surface area contributed by atoms with Gasteiger partial charge in [-0.05, 0) is 24.1 Å². The summed E-state index contributed by atoms with van der Waals surface area (Å²) in [6, 6.07) is 1.95. The highest BCUT2D eigenvalue weighted by molar-refractivity contribution is 5.31. The quantitative estimate of drug-likeness (QED) is 0.760. The highest BCUT2D eigenvalue weighted by atomic mass is 16.1. The van der Waals surface area contributed by atoms with E-state index in [0.29, 0.717) is 12.0 Å². The Morgan fingerprint density at radius 1 is 1.53 bits per heavy atom. The van der Waals surface area contributed by atoms with Gasteiger partial charge in [0.25, 0.3) is 5.56 Å². The molecule has 3 nitrogen and oxygen atoms in total. The minimum absolute atomic E-state index is 0.107. The number of hydrogen-bond acceptors (Lipinski definition) is 2. The van der Waals surface area contributed by atoms with Crippen LogP contribution in [0.5, 0.6) is 0 Å². The Labute approximate surface area is 101 Å². The molecule has 3 heteroatoms. The number of pyridine rings is 1. The number of H-pyrrole nitrogens is 1. The van der Waals surface area contributed by atoms with Crippen molar-refractivity contribution in [2.24, 2.45) is 5.73 Å². The summed E-state index contributed by atoms with van der Waals surface area (Å²) in [5, 5.41) is 0. The Balaban J connectivity index is 3.09. The zero-order valence-corrected chi connectivity index (χ0v) is 10.1. The molecule has 1 heterocycles. The Morgan fingerprint density at radius 2 is 2.24 bits per heavy atom. The molecule has 0 radical (unpaired) electrons. The summed E-state index contributed by atoms with van der Waals surface area (Å²) in [6.45, 7) is 9.52. The summed E-state index contributed by atoms with van der Waals surface area (Å²) < 4.78 is 0. The smallest absolute Gasteiger partial charge is 0.252 e. The van der Waals surface area contributed by atoms with Gasteiger partial charge in [-0.15, -0.1) is 0 Å². The molecule has 0 aromatic carbocycles. The van der Waals surface area contributed by atoms with Gasteiger partial charge in [-0.1, -0.05) is 31.4 Å². The molecular formula is C14H18N2O. The first-order chi connectivity index (χ1) is 8.12. The van der Waals surface area contributed by atoms with Crippen LogP contribution in [0.1, 0.15) is 16.8 Å². The van der Waals surface area contributed by atoms with E-state index in [0.717, 1.165) is 16.8 Å². The molecular weight excluding hydrogens is 212 g/mol. The summed E-state index contributed by atoms with van der Waals surface area (Å²) in [4.78, 5) is 14.6. The Bertz CT molecular complexity index is 509. The zero-order valence-electron chi connectivity index (χ0n) is 10.1. The van der Waals surface area contributed by atoms with Crippen molar-refractivity contribution in [1.82, 2.24) is 4.98 Å². The molecule has 0 aliphatic carbocycles. The van der Waals surface area contributed by atoms with E-state index < -0.39 is 0 Å². The van der Waals surface area contributed by atoms with Crippen LogP contribution in [0.4, 0.5) is 0 Å². The standard InChI is InChI=1S/C14H18N2O/c1-4-6-11(5-2)8-12-7-10(3)13(9-15)14(17)16-12/h4-7H,1-2,8-9,15H2,3H3,(H,16,17)/b11-6+. The normalized spacial score (nSPS) is 11.3. The van der Waals surface area contributed by atoms with E-state index >= 15 is 0 Å². The van der Waals surface area contributed by atoms with E-state index in [-0.39, 0.29) is 12.1 Å². The van der Waals surface area contributed by atoms with Crippen molar-refractivity contribution in [2.45, 2.75) is 19.9 Å². The number of rotatable bonds is 5. The van der Waals surface area contributed by atoms with Crippen LogP contribution in [-0.2, 0) is 13.0 Å². The van der Waals surface area contributed by atoms with Gasteiger partial charge < -0.3 is 10.7 Å². The fourth-order valence-electron chi connectivity index (χ4n) is 1.70. The molecule has 1 aromatic rings. The first kappa shape index (κ1) is 13.2. The number of aryl methyl sites for hydroxylation is 1. The highest BCUT2D eigenvalue weighted by Crippen LogP contribution is 2.09. The molecule has 0 aliphatic heterocycles. The average Bonchev–Trinajstić information content (AvgIpc) is 2.28. The molecule has 0 atom stereocenters. The van der Waals surface area contributed by atoms with Gasteiger partial charge in [0.05, 0.1) is 0 Å². The molecule has 17 heavy (non-hydrogen) atoms. The van der Waals surface area contributed by atoms with Crippen molar-refractivity contribution >= 4 is 0 Å². The Hall–Kier alpha value is -1.87. The lowest BCUT2D eigenvalue weighted by molar-refractivity contribution is 0.952. The van der Waals surface area contributed by atoms with Crippen LogP contribution in [0.25, 0.3) is 0 Å². The summed E-state index contributed by atoms with van der Waals surface area (Å²) in [7, 11) is 0. The minimum Gasteiger partial charge on any atom is -0.326 e. The molecule has 3 N–H and O–H groups in total. The van der Waals surface area contributed by atoms with E-state index in [1.165, 1.54) is 0 Å². The molecule has 90 valence electrons. The van der Waals surface area contributed by atoms with Crippen LogP contribution >= 0.6 is 0 Å². The maximum atomic E-state index is 11.7. The van der Waals surface area contributed by atoms with Crippen molar-refractivity contribution in [3.05, 3.63) is 70.2 Å². The topological polar surface area (TPSA) is 58.9 Å². The van der Waals surface area contributed by atoms with Gasteiger partial charge in [-0.3, -0.25) is 4.79 Å². The molecule has 0 bridgehead atoms. The van der Waals surface area contributed by atoms with Gasteiger partial charge in [-0.2, -0.15) is 0 Å². The molecule has 0 unspecified atom stereocenters. The van der Waals surface area contributed by atoms with E-state index in [4.69, 9.17) is 5.73 Å². The van der Waals surface area contributed by atoms with Gasteiger partial charge in [0.15, 0.2) is 0 Å². The van der Waals surface area contributed by atoms with Crippen LogP contribution < -0.4 is 11.3 Å². The fraction of sp³-hybridized carbons (Fsp3) is 0.214. The maximum Gasteiger partial charge on any atom is 0.252 e. The third kappa shape index (κ3) is 3.29. The first-order valence-corrected chi connectivity index (χ1v) is 5.48. The average molecular weight is 230 g/mol. The van der Waals surface area contributed by atoms with Crippen molar-refractivity contribution in [3.8, 4) is 0 Å². The predicted octanol–water partition coefficient (Wildman–Crippen LogP) is 1.98. The lowest BCUT2D eigenvalue weighted by atomic mass is 10.1. The molecule has 0 fully saturated rings. The van der Waals surface area contributed by atoms with Gasteiger partial charge >= 0.3 is 0 Å². The number of nitrogens with two attached hydrogens (primary N) is 1. The lowest BCUT2D eigenvalue weighted by Crippen LogP contribution is -2.19. The lowest BCUT2D eigenvalue weighted by Gasteiger charge is -2.07. The first-order valence-electron chi connectivity index (χ1n) is 5.48. The molecule has 0 saturated heterocycles. The van der Waals surface area contributed by atoms with Gasteiger partial charge in [0.2, 0.25) is 0 Å². The van der Waals surface area contributed by atoms with E-state index in [1.807, 2.05) is 19.1 Å². The summed E-state index contributed by atoms with van der Waals surface area (Å²) in [5.41, 5.74) is 8.84. The monoisotopic (exact) mass is 230 g/mol. The second-order valence-electron chi connectivity index (χ2n) is 3.85. The largest absolute Gasteiger partial charge is 0.326 e. The Kier molecular flexibility index (Phi) is 4.67. The molecule has 0 amide bonds. The van der Waals surface area contributed by atoms with Crippen LogP contribution in [-0.4, -0.2) is 4.98 Å². The minimum atomic E-state index is -0.107. The van der Waals surface area contributed by atoms with Crippen molar-refractivity contribution in [1.29, 1.82) is 0 Å². The van der Waals surface area contributed by atoms with E-state index in [2.05, 4.69) is 18.1 Å². The third-order valence-corrected chi connectivity index (χ3v) is 2.61. The highest BCUT2D eigenvalue weighted by Gasteiger charge is 2.05. The second-order valence-corrected chi connectivity index (χ2v) is 3.85. The predicted molar refractivity (Wildman–Crippen MR) is 71.9 cm³/mol. The van der Waals surface area contributed by atoms with Gasteiger partial charge in [0.1, 0.15) is 0 Å². The molecule has 1 aromatic heterocycles. The third-order valence-electron chi connectivity index (χ3n) is 2.61. The van der Waals surface area contributed by atoms with Crippen LogP contribution in [0.3, 0.4) is 0 Å². The fourth-order valence-corrected chi connectivity index (χ4v) is 1.70. The number of hydrogen-bond donors (Lipinski definition) is 2. The van der Waals surface area contributed by atoms with E-state index in [1.54, 1.807) is 12.2 Å². The molecule has 0 spiro atoms. The number of aromatic nitrogens is 1. The second kappa shape index (κ2) is 6.01. The van der Waals surface area contributed by atoms with Crippen LogP contribution in [0.15, 0.2) is 47.8 Å². The van der Waals surface area contributed by atoms with Crippen LogP contribution in [0.2, 0.25) is 0 Å². The van der Waals surface area contributed by atoms with E-state index in [9.17, 15) is 4.79 Å². The van der Waals surface area contributed by atoms with Crippen molar-refractivity contribution in [3.63, 3.8) is 0 Å². The zero-order chi connectivity index (χ0) is 12.8. The molecule has 1 rings (SSSR count). The number of allylic oxidation sites excluding steroid dienone is 4. The summed E-state index contributed by atoms with van der Waals surface area (Å²) in [6.07, 6.45) is 5.97. The Morgan fingerprint density at radius 3 is 2.71 bits per heavy atom. The SMILES string of the molecule is C=C/C=C(\C=C)Cc1cc(C)c(CN)c(=O)[nH]1. The molecule has 0 aliphatic rings. The van der Waals surface area contributed by atoms with Gasteiger partial charge in [-0.25, -0.2) is 0 Å². The summed E-state index contributed by atoms with van der Waals surface area (Å²) >= 11 is 0. The number of aromatic amines is 1. The summed E-state index contributed by atoms with van der Waals surface area (Å²) in [5.74, 6) is 0. The van der Waals surface area contributed by atoms with Crippen LogP contribution in [0, 0.1) is 6.92 Å². The molecule has 0 saturated carbocycles.